The van der Waals surface area contributed by atoms with Gasteiger partial charge in [0.1, 0.15) is 11.6 Å². The van der Waals surface area contributed by atoms with Crippen molar-refractivity contribution in [2.24, 2.45) is 0 Å². The molecule has 1 atom stereocenters. The van der Waals surface area contributed by atoms with Crippen molar-refractivity contribution < 1.29 is 9.13 Å². The zero-order valence-corrected chi connectivity index (χ0v) is 12.6. The predicted molar refractivity (Wildman–Crippen MR) is 76.6 cm³/mol. The number of ether oxygens (including phenoxy) is 1. The van der Waals surface area contributed by atoms with Crippen LogP contribution in [0.5, 0.6) is 5.75 Å². The first-order valence-electron chi connectivity index (χ1n) is 6.46. The molecule has 0 aliphatic carbocycles. The van der Waals surface area contributed by atoms with Gasteiger partial charge in [-0.1, -0.05) is 6.92 Å². The minimum Gasteiger partial charge on any atom is -0.489 e. The summed E-state index contributed by atoms with van der Waals surface area (Å²) in [4.78, 5) is 0. The second kappa shape index (κ2) is 8.48. The number of halogens is 2. The Morgan fingerprint density at radius 1 is 1.39 bits per heavy atom. The van der Waals surface area contributed by atoms with Crippen molar-refractivity contribution in [3.8, 4) is 5.75 Å². The summed E-state index contributed by atoms with van der Waals surface area (Å²) in [5, 5.41) is 3.35. The lowest BCUT2D eigenvalue weighted by Gasteiger charge is -2.16. The van der Waals surface area contributed by atoms with Crippen LogP contribution in [0.4, 0.5) is 4.39 Å². The fraction of sp³-hybridized carbons (Fsp3) is 0.571. The Kier molecular flexibility index (Phi) is 7.28. The quantitative estimate of drug-likeness (QED) is 0.728. The van der Waals surface area contributed by atoms with Crippen LogP contribution in [0.3, 0.4) is 0 Å². The average Bonchev–Trinajstić information content (AvgIpc) is 2.33. The highest BCUT2D eigenvalue weighted by Gasteiger charge is 2.08. The number of hydrogen-bond acceptors (Lipinski definition) is 2. The largest absolute Gasteiger partial charge is 0.489 e. The van der Waals surface area contributed by atoms with E-state index in [2.05, 4.69) is 28.2 Å². The average molecular weight is 318 g/mol. The molecule has 0 heterocycles. The van der Waals surface area contributed by atoms with Gasteiger partial charge in [0.15, 0.2) is 0 Å². The first-order valence-corrected chi connectivity index (χ1v) is 7.25. The fourth-order valence-corrected chi connectivity index (χ4v) is 2.00. The molecule has 0 aliphatic heterocycles. The van der Waals surface area contributed by atoms with Crippen LogP contribution in [-0.2, 0) is 0 Å². The Hall–Kier alpha value is -0.610. The van der Waals surface area contributed by atoms with Crippen LogP contribution in [-0.4, -0.2) is 19.2 Å². The monoisotopic (exact) mass is 317 g/mol. The molecule has 0 radical (unpaired) electrons. The summed E-state index contributed by atoms with van der Waals surface area (Å²) < 4.78 is 19.6. The molecule has 0 fully saturated rings. The van der Waals surface area contributed by atoms with Crippen molar-refractivity contribution in [3.63, 3.8) is 0 Å². The smallest absolute Gasteiger partial charge is 0.136 e. The van der Waals surface area contributed by atoms with Gasteiger partial charge in [0.05, 0.1) is 10.6 Å². The van der Waals surface area contributed by atoms with Gasteiger partial charge in [0.25, 0.3) is 0 Å². The van der Waals surface area contributed by atoms with Gasteiger partial charge < -0.3 is 10.1 Å². The summed E-state index contributed by atoms with van der Waals surface area (Å²) in [5.74, 6) is 0.300. The third kappa shape index (κ3) is 5.83. The molecule has 102 valence electrons. The Bertz CT molecular complexity index is 360. The van der Waals surface area contributed by atoms with Crippen LogP contribution in [0, 0.1) is 5.82 Å². The van der Waals surface area contributed by atoms with E-state index in [1.165, 1.54) is 12.1 Å². The van der Waals surface area contributed by atoms with Crippen LogP contribution in [0.25, 0.3) is 0 Å². The summed E-state index contributed by atoms with van der Waals surface area (Å²) in [6, 6.07) is 4.49. The van der Waals surface area contributed by atoms with Gasteiger partial charge in [0, 0.05) is 6.07 Å². The van der Waals surface area contributed by atoms with E-state index in [-0.39, 0.29) is 11.9 Å². The van der Waals surface area contributed by atoms with Crippen molar-refractivity contribution in [1.82, 2.24) is 5.32 Å². The van der Waals surface area contributed by atoms with Crippen molar-refractivity contribution in [2.45, 2.75) is 39.2 Å². The van der Waals surface area contributed by atoms with Crippen LogP contribution in [0.1, 0.15) is 33.1 Å². The van der Waals surface area contributed by atoms with Gasteiger partial charge in [-0.25, -0.2) is 4.39 Å². The maximum Gasteiger partial charge on any atom is 0.136 e. The van der Waals surface area contributed by atoms with Gasteiger partial charge in [-0.15, -0.1) is 0 Å². The van der Waals surface area contributed by atoms with E-state index in [0.717, 1.165) is 36.8 Å². The van der Waals surface area contributed by atoms with Crippen molar-refractivity contribution in [2.75, 3.05) is 13.1 Å². The Labute approximate surface area is 117 Å². The molecule has 1 aromatic carbocycles. The van der Waals surface area contributed by atoms with Gasteiger partial charge in [0.2, 0.25) is 0 Å². The summed E-state index contributed by atoms with van der Waals surface area (Å²) in [6.07, 6.45) is 3.27. The topological polar surface area (TPSA) is 21.3 Å². The molecule has 1 unspecified atom stereocenters. The summed E-state index contributed by atoms with van der Waals surface area (Å²) >= 11 is 3.36. The van der Waals surface area contributed by atoms with Crippen molar-refractivity contribution >= 4 is 15.9 Å². The molecule has 0 saturated carbocycles. The summed E-state index contributed by atoms with van der Waals surface area (Å²) in [6.45, 7) is 6.23. The highest BCUT2D eigenvalue weighted by molar-refractivity contribution is 9.10. The zero-order chi connectivity index (χ0) is 13.4. The molecule has 0 bridgehead atoms. The first-order chi connectivity index (χ1) is 8.63. The minimum atomic E-state index is -0.273. The molecule has 0 aliphatic rings. The van der Waals surface area contributed by atoms with Crippen molar-refractivity contribution in [3.05, 3.63) is 28.5 Å². The lowest BCUT2D eigenvalue weighted by atomic mass is 10.2. The Balaban J connectivity index is 2.30. The highest BCUT2D eigenvalue weighted by Crippen LogP contribution is 2.26. The van der Waals surface area contributed by atoms with E-state index >= 15 is 0 Å². The standard InChI is InChI=1S/C14H21BrFNO/c1-3-8-17-9-4-5-11(2)18-14-10-12(16)6-7-13(14)15/h6-7,10-11,17H,3-5,8-9H2,1-2H3. The lowest BCUT2D eigenvalue weighted by molar-refractivity contribution is 0.205. The number of rotatable bonds is 8. The zero-order valence-electron chi connectivity index (χ0n) is 11.0. The molecule has 18 heavy (non-hydrogen) atoms. The molecule has 1 rings (SSSR count). The SMILES string of the molecule is CCCNCCCC(C)Oc1cc(F)ccc1Br. The summed E-state index contributed by atoms with van der Waals surface area (Å²) in [5.41, 5.74) is 0. The molecular formula is C14H21BrFNO. The molecule has 1 aromatic rings. The Morgan fingerprint density at radius 3 is 2.89 bits per heavy atom. The van der Waals surface area contributed by atoms with Crippen LogP contribution in [0.15, 0.2) is 22.7 Å². The molecule has 1 N–H and O–H groups in total. The maximum absolute atomic E-state index is 13.1. The first kappa shape index (κ1) is 15.4. The van der Waals surface area contributed by atoms with E-state index in [1.54, 1.807) is 6.07 Å². The normalized spacial score (nSPS) is 12.4. The van der Waals surface area contributed by atoms with Gasteiger partial charge in [-0.3, -0.25) is 0 Å². The molecule has 0 aromatic heterocycles. The van der Waals surface area contributed by atoms with E-state index in [0.29, 0.717) is 5.75 Å². The highest BCUT2D eigenvalue weighted by atomic mass is 79.9. The molecule has 4 heteroatoms. The molecule has 0 spiro atoms. The number of hydrogen-bond donors (Lipinski definition) is 1. The number of nitrogens with one attached hydrogen (secondary N) is 1. The van der Waals surface area contributed by atoms with E-state index in [9.17, 15) is 4.39 Å². The second-order valence-corrected chi connectivity index (χ2v) is 5.25. The molecule has 0 amide bonds. The van der Waals surface area contributed by atoms with E-state index in [1.807, 2.05) is 6.92 Å². The Morgan fingerprint density at radius 2 is 2.17 bits per heavy atom. The van der Waals surface area contributed by atoms with E-state index in [4.69, 9.17) is 4.74 Å². The third-order valence-electron chi connectivity index (χ3n) is 2.61. The van der Waals surface area contributed by atoms with Gasteiger partial charge in [-0.2, -0.15) is 0 Å². The second-order valence-electron chi connectivity index (χ2n) is 4.40. The lowest BCUT2D eigenvalue weighted by Crippen LogP contribution is -2.19. The van der Waals surface area contributed by atoms with Crippen LogP contribution in [0.2, 0.25) is 0 Å². The van der Waals surface area contributed by atoms with Crippen LogP contribution >= 0.6 is 15.9 Å². The maximum atomic E-state index is 13.1. The minimum absolute atomic E-state index is 0.0894. The third-order valence-corrected chi connectivity index (χ3v) is 3.27. The summed E-state index contributed by atoms with van der Waals surface area (Å²) in [7, 11) is 0. The molecular weight excluding hydrogens is 297 g/mol. The molecule has 2 nitrogen and oxygen atoms in total. The predicted octanol–water partition coefficient (Wildman–Crippen LogP) is 4.14. The van der Waals surface area contributed by atoms with E-state index < -0.39 is 0 Å². The van der Waals surface area contributed by atoms with Gasteiger partial charge >= 0.3 is 0 Å². The van der Waals surface area contributed by atoms with Crippen LogP contribution < -0.4 is 10.1 Å². The number of benzene rings is 1. The van der Waals surface area contributed by atoms with Crippen molar-refractivity contribution in [1.29, 1.82) is 0 Å². The molecule has 0 saturated heterocycles. The van der Waals surface area contributed by atoms with Gasteiger partial charge in [-0.05, 0) is 67.3 Å². The fourth-order valence-electron chi connectivity index (χ4n) is 1.66.